The van der Waals surface area contributed by atoms with Gasteiger partial charge in [-0.3, -0.25) is 4.79 Å². The minimum atomic E-state index is -3.59. The quantitative estimate of drug-likeness (QED) is 0.565. The number of carbonyl (C=O) groups is 1. The number of nitrogens with zero attached hydrogens (tertiary/aromatic N) is 2. The molecule has 3 rings (SSSR count). The predicted molar refractivity (Wildman–Crippen MR) is 111 cm³/mol. The second kappa shape index (κ2) is 8.61. The summed E-state index contributed by atoms with van der Waals surface area (Å²) < 4.78 is 26.8. The lowest BCUT2D eigenvalue weighted by atomic mass is 10.1. The third-order valence-corrected chi connectivity index (χ3v) is 7.10. The fourth-order valence-corrected chi connectivity index (χ4v) is 4.72. The normalized spacial score (nSPS) is 15.6. The van der Waals surface area contributed by atoms with Crippen molar-refractivity contribution in [2.75, 3.05) is 13.1 Å². The molecular formula is C19H19Cl2N3O3S. The molecule has 6 nitrogen and oxygen atoms in total. The summed E-state index contributed by atoms with van der Waals surface area (Å²) in [6.45, 7) is 2.73. The van der Waals surface area contributed by atoms with Crippen molar-refractivity contribution in [3.05, 3.63) is 63.6 Å². The van der Waals surface area contributed by atoms with E-state index in [4.69, 9.17) is 23.2 Å². The first kappa shape index (κ1) is 20.8. The third-order valence-electron chi connectivity index (χ3n) is 4.46. The molecule has 2 aromatic carbocycles. The van der Waals surface area contributed by atoms with E-state index in [1.165, 1.54) is 16.4 Å². The number of carbonyl (C=O) groups excluding carboxylic acids is 1. The highest BCUT2D eigenvalue weighted by Gasteiger charge is 2.27. The molecule has 0 aromatic heterocycles. The van der Waals surface area contributed by atoms with Crippen molar-refractivity contribution in [1.29, 1.82) is 0 Å². The summed E-state index contributed by atoms with van der Waals surface area (Å²) in [5.74, 6) is -0.502. The van der Waals surface area contributed by atoms with Crippen LogP contribution in [-0.2, 0) is 10.0 Å². The summed E-state index contributed by atoms with van der Waals surface area (Å²) >= 11 is 11.9. The Morgan fingerprint density at radius 2 is 1.75 bits per heavy atom. The predicted octanol–water partition coefficient (Wildman–Crippen LogP) is 3.93. The first-order chi connectivity index (χ1) is 13.3. The van der Waals surface area contributed by atoms with E-state index in [1.807, 2.05) is 0 Å². The zero-order valence-electron chi connectivity index (χ0n) is 15.2. The Morgan fingerprint density at radius 1 is 1.04 bits per heavy atom. The maximum absolute atomic E-state index is 12.7. The lowest BCUT2D eigenvalue weighted by Crippen LogP contribution is -2.28. The van der Waals surface area contributed by atoms with Gasteiger partial charge in [-0.2, -0.15) is 9.41 Å². The van der Waals surface area contributed by atoms with E-state index in [0.717, 1.165) is 12.8 Å². The van der Waals surface area contributed by atoms with Crippen molar-refractivity contribution in [2.24, 2.45) is 5.10 Å². The van der Waals surface area contributed by atoms with E-state index in [-0.39, 0.29) is 10.5 Å². The number of hydrogen-bond acceptors (Lipinski definition) is 4. The molecule has 2 aromatic rings. The minimum Gasteiger partial charge on any atom is -0.267 e. The van der Waals surface area contributed by atoms with Gasteiger partial charge in [0.2, 0.25) is 10.0 Å². The molecule has 0 saturated carbocycles. The van der Waals surface area contributed by atoms with E-state index < -0.39 is 15.9 Å². The first-order valence-corrected chi connectivity index (χ1v) is 10.9. The Kier molecular flexibility index (Phi) is 6.40. The average Bonchev–Trinajstić information content (AvgIpc) is 3.24. The largest absolute Gasteiger partial charge is 0.271 e. The molecular weight excluding hydrogens is 421 g/mol. The molecule has 1 aliphatic heterocycles. The standard InChI is InChI=1S/C19H19Cl2N3O3S/c1-13(14-7-8-17(20)18(21)12-14)22-23-19(25)15-5-4-6-16(11-15)28(26,27)24-9-2-3-10-24/h4-8,11-12H,2-3,9-10H2,1H3,(H,23,25). The van der Waals surface area contributed by atoms with Gasteiger partial charge in [0.1, 0.15) is 0 Å². The Labute approximate surface area is 174 Å². The molecule has 148 valence electrons. The highest BCUT2D eigenvalue weighted by atomic mass is 35.5. The Bertz CT molecular complexity index is 1030. The van der Waals surface area contributed by atoms with Crippen LogP contribution in [0.4, 0.5) is 0 Å². The van der Waals surface area contributed by atoms with Crippen molar-refractivity contribution in [3.63, 3.8) is 0 Å². The van der Waals surface area contributed by atoms with Gasteiger partial charge in [0.05, 0.1) is 20.7 Å². The van der Waals surface area contributed by atoms with Gasteiger partial charge in [0.25, 0.3) is 5.91 Å². The van der Waals surface area contributed by atoms with Crippen LogP contribution in [0, 0.1) is 0 Å². The van der Waals surface area contributed by atoms with Crippen molar-refractivity contribution in [2.45, 2.75) is 24.7 Å². The van der Waals surface area contributed by atoms with Crippen LogP contribution < -0.4 is 5.43 Å². The van der Waals surface area contributed by atoms with Gasteiger partial charge in [0.15, 0.2) is 0 Å². The lowest BCUT2D eigenvalue weighted by molar-refractivity contribution is 0.0954. The summed E-state index contributed by atoms with van der Waals surface area (Å²) in [6, 6.07) is 11.0. The zero-order valence-corrected chi connectivity index (χ0v) is 17.5. The zero-order chi connectivity index (χ0) is 20.3. The molecule has 0 unspecified atom stereocenters. The molecule has 1 saturated heterocycles. The molecule has 0 radical (unpaired) electrons. The number of rotatable bonds is 5. The van der Waals surface area contributed by atoms with Crippen LogP contribution in [-0.4, -0.2) is 37.4 Å². The van der Waals surface area contributed by atoms with Crippen molar-refractivity contribution >= 4 is 44.8 Å². The molecule has 0 bridgehead atoms. The molecule has 1 aliphatic rings. The SMILES string of the molecule is CC(=NNC(=O)c1cccc(S(=O)(=O)N2CCCC2)c1)c1ccc(Cl)c(Cl)c1. The van der Waals surface area contributed by atoms with E-state index in [2.05, 4.69) is 10.5 Å². The van der Waals surface area contributed by atoms with Crippen molar-refractivity contribution < 1.29 is 13.2 Å². The van der Waals surface area contributed by atoms with Crippen LogP contribution in [0.25, 0.3) is 0 Å². The molecule has 1 fully saturated rings. The number of hydrogen-bond donors (Lipinski definition) is 1. The van der Waals surface area contributed by atoms with E-state index in [1.54, 1.807) is 37.3 Å². The van der Waals surface area contributed by atoms with E-state index in [0.29, 0.717) is 34.4 Å². The van der Waals surface area contributed by atoms with Gasteiger partial charge in [-0.1, -0.05) is 35.3 Å². The van der Waals surface area contributed by atoms with Gasteiger partial charge in [-0.05, 0) is 55.7 Å². The molecule has 9 heteroatoms. The topological polar surface area (TPSA) is 78.8 Å². The Morgan fingerprint density at radius 3 is 2.43 bits per heavy atom. The lowest BCUT2D eigenvalue weighted by Gasteiger charge is -2.15. The summed E-state index contributed by atoms with van der Waals surface area (Å²) in [4.78, 5) is 12.5. The molecule has 0 atom stereocenters. The molecule has 1 heterocycles. The number of amides is 1. The fourth-order valence-electron chi connectivity index (χ4n) is 2.86. The second-order valence-electron chi connectivity index (χ2n) is 6.41. The summed E-state index contributed by atoms with van der Waals surface area (Å²) in [5.41, 5.74) is 3.90. The fraction of sp³-hybridized carbons (Fsp3) is 0.263. The number of hydrazone groups is 1. The second-order valence-corrected chi connectivity index (χ2v) is 9.16. The maximum Gasteiger partial charge on any atom is 0.271 e. The molecule has 1 N–H and O–H groups in total. The van der Waals surface area contributed by atoms with Crippen LogP contribution in [0.15, 0.2) is 52.5 Å². The van der Waals surface area contributed by atoms with E-state index in [9.17, 15) is 13.2 Å². The third kappa shape index (κ3) is 4.55. The number of sulfonamides is 1. The molecule has 0 spiro atoms. The van der Waals surface area contributed by atoms with Gasteiger partial charge in [0, 0.05) is 18.7 Å². The van der Waals surface area contributed by atoms with Gasteiger partial charge < -0.3 is 0 Å². The number of benzene rings is 2. The van der Waals surface area contributed by atoms with Crippen LogP contribution in [0.3, 0.4) is 0 Å². The maximum atomic E-state index is 12.7. The minimum absolute atomic E-state index is 0.104. The Hall–Kier alpha value is -1.93. The first-order valence-electron chi connectivity index (χ1n) is 8.69. The van der Waals surface area contributed by atoms with Crippen LogP contribution in [0.5, 0.6) is 0 Å². The number of nitrogens with one attached hydrogen (secondary N) is 1. The monoisotopic (exact) mass is 439 g/mol. The molecule has 1 amide bonds. The van der Waals surface area contributed by atoms with Crippen LogP contribution in [0.1, 0.15) is 35.7 Å². The smallest absolute Gasteiger partial charge is 0.267 e. The van der Waals surface area contributed by atoms with Crippen LogP contribution in [0.2, 0.25) is 10.0 Å². The highest BCUT2D eigenvalue weighted by Crippen LogP contribution is 2.23. The molecule has 28 heavy (non-hydrogen) atoms. The summed E-state index contributed by atoms with van der Waals surface area (Å²) in [6.07, 6.45) is 1.70. The number of halogens is 2. The van der Waals surface area contributed by atoms with Crippen molar-refractivity contribution in [1.82, 2.24) is 9.73 Å². The van der Waals surface area contributed by atoms with Gasteiger partial charge in [-0.15, -0.1) is 0 Å². The summed E-state index contributed by atoms with van der Waals surface area (Å²) in [7, 11) is -3.59. The average molecular weight is 440 g/mol. The molecule has 0 aliphatic carbocycles. The Balaban J connectivity index is 1.76. The van der Waals surface area contributed by atoms with Gasteiger partial charge in [-0.25, -0.2) is 13.8 Å². The van der Waals surface area contributed by atoms with E-state index >= 15 is 0 Å². The highest BCUT2D eigenvalue weighted by molar-refractivity contribution is 7.89. The van der Waals surface area contributed by atoms with Crippen LogP contribution >= 0.6 is 23.2 Å². The summed E-state index contributed by atoms with van der Waals surface area (Å²) in [5, 5.41) is 4.88. The van der Waals surface area contributed by atoms with Crippen molar-refractivity contribution in [3.8, 4) is 0 Å². The van der Waals surface area contributed by atoms with Gasteiger partial charge >= 0.3 is 0 Å².